The molecule has 0 atom stereocenters. The highest BCUT2D eigenvalue weighted by molar-refractivity contribution is 5.68. The zero-order chi connectivity index (χ0) is 18.7. The fourth-order valence-electron chi connectivity index (χ4n) is 2.06. The third kappa shape index (κ3) is 5.28. The Hall–Kier alpha value is -2.42. The number of alkyl halides is 6. The van der Waals surface area contributed by atoms with E-state index in [2.05, 4.69) is 4.74 Å². The van der Waals surface area contributed by atoms with Crippen molar-refractivity contribution in [2.24, 2.45) is 5.73 Å². The van der Waals surface area contributed by atoms with Crippen molar-refractivity contribution < 1.29 is 35.8 Å². The number of halogens is 6. The predicted octanol–water partition coefficient (Wildman–Crippen LogP) is 4.61. The summed E-state index contributed by atoms with van der Waals surface area (Å²) < 4.78 is 85.0. The van der Waals surface area contributed by atoms with E-state index in [4.69, 9.17) is 10.5 Å². The summed E-state index contributed by atoms with van der Waals surface area (Å²) >= 11 is 0. The molecule has 0 bridgehead atoms. The van der Waals surface area contributed by atoms with Gasteiger partial charge in [-0.2, -0.15) is 13.2 Å². The van der Waals surface area contributed by atoms with Gasteiger partial charge in [0.25, 0.3) is 0 Å². The molecule has 25 heavy (non-hydrogen) atoms. The molecule has 2 N–H and O–H groups in total. The smallest absolute Gasteiger partial charge is 0.488 e. The van der Waals surface area contributed by atoms with Crippen molar-refractivity contribution in [1.29, 1.82) is 0 Å². The first-order valence-electron chi connectivity index (χ1n) is 7.00. The maximum absolute atomic E-state index is 12.8. The quantitative estimate of drug-likeness (QED) is 0.787. The largest absolute Gasteiger partial charge is 0.573 e. The van der Waals surface area contributed by atoms with E-state index in [1.807, 2.05) is 0 Å². The van der Waals surface area contributed by atoms with Gasteiger partial charge in [-0.3, -0.25) is 0 Å². The summed E-state index contributed by atoms with van der Waals surface area (Å²) in [6.07, 6.45) is -9.54. The fourth-order valence-corrected chi connectivity index (χ4v) is 2.06. The molecule has 0 unspecified atom stereocenters. The van der Waals surface area contributed by atoms with E-state index in [9.17, 15) is 26.3 Å². The van der Waals surface area contributed by atoms with Crippen LogP contribution < -0.4 is 15.2 Å². The minimum Gasteiger partial charge on any atom is -0.488 e. The molecule has 2 aromatic rings. The minimum absolute atomic E-state index is 0.0445. The summed E-state index contributed by atoms with van der Waals surface area (Å²) in [6.45, 7) is 0.0258. The minimum atomic E-state index is -4.98. The monoisotopic (exact) mass is 365 g/mol. The zero-order valence-electron chi connectivity index (χ0n) is 12.6. The Morgan fingerprint density at radius 1 is 0.840 bits per heavy atom. The van der Waals surface area contributed by atoms with Gasteiger partial charge in [0.15, 0.2) is 11.5 Å². The van der Waals surface area contributed by atoms with Gasteiger partial charge in [-0.05, 0) is 35.4 Å². The lowest BCUT2D eigenvalue weighted by molar-refractivity contribution is -0.275. The van der Waals surface area contributed by atoms with Gasteiger partial charge in [0.1, 0.15) is 6.61 Å². The van der Waals surface area contributed by atoms with Crippen LogP contribution in [-0.4, -0.2) is 19.5 Å². The highest BCUT2D eigenvalue weighted by Gasteiger charge is 2.33. The first-order valence-corrected chi connectivity index (χ1v) is 7.00. The van der Waals surface area contributed by atoms with Crippen molar-refractivity contribution in [2.45, 2.75) is 12.5 Å². The summed E-state index contributed by atoms with van der Waals surface area (Å²) in [6, 6.07) is 7.72. The molecule has 0 saturated carbocycles. The first-order chi connectivity index (χ1) is 11.6. The molecule has 3 nitrogen and oxygen atoms in total. The lowest BCUT2D eigenvalue weighted by Gasteiger charge is -2.15. The highest BCUT2D eigenvalue weighted by Crippen LogP contribution is 2.37. The van der Waals surface area contributed by atoms with Crippen molar-refractivity contribution in [3.63, 3.8) is 0 Å². The lowest BCUT2D eigenvalue weighted by atomic mass is 10.0. The molecule has 0 amide bonds. The summed E-state index contributed by atoms with van der Waals surface area (Å²) in [4.78, 5) is 0. The molecule has 0 aliphatic heterocycles. The maximum atomic E-state index is 12.8. The van der Waals surface area contributed by atoms with Gasteiger partial charge in [0, 0.05) is 6.54 Å². The van der Waals surface area contributed by atoms with Crippen LogP contribution in [0.2, 0.25) is 0 Å². The summed E-state index contributed by atoms with van der Waals surface area (Å²) in [5.74, 6) is -0.866. The van der Waals surface area contributed by atoms with E-state index in [0.29, 0.717) is 0 Å². The number of benzene rings is 2. The Kier molecular flexibility index (Phi) is 5.46. The third-order valence-corrected chi connectivity index (χ3v) is 3.07. The van der Waals surface area contributed by atoms with Gasteiger partial charge < -0.3 is 15.2 Å². The van der Waals surface area contributed by atoms with E-state index in [0.717, 1.165) is 18.2 Å². The van der Waals surface area contributed by atoms with Crippen LogP contribution in [0, 0.1) is 0 Å². The molecular formula is C16H13F6NO2. The number of hydrogen-bond donors (Lipinski definition) is 1. The molecule has 2 aromatic carbocycles. The molecule has 0 heterocycles. The average Bonchev–Trinajstić information content (AvgIpc) is 2.51. The number of nitrogens with two attached hydrogens (primary N) is 1. The van der Waals surface area contributed by atoms with Crippen molar-refractivity contribution in [2.75, 3.05) is 13.2 Å². The fraction of sp³-hybridized carbons (Fsp3) is 0.250. The molecule has 136 valence electrons. The Morgan fingerprint density at radius 3 is 2.12 bits per heavy atom. The molecule has 0 saturated heterocycles. The van der Waals surface area contributed by atoms with E-state index in [-0.39, 0.29) is 30.0 Å². The Bertz CT molecular complexity index is 727. The van der Waals surface area contributed by atoms with Crippen LogP contribution in [-0.2, 0) is 6.18 Å². The van der Waals surface area contributed by atoms with Crippen molar-refractivity contribution in [3.8, 4) is 22.6 Å². The number of hydrogen-bond acceptors (Lipinski definition) is 3. The van der Waals surface area contributed by atoms with Crippen LogP contribution in [0.5, 0.6) is 11.5 Å². The Morgan fingerprint density at radius 2 is 1.52 bits per heavy atom. The number of rotatable bonds is 5. The average molecular weight is 365 g/mol. The number of ether oxygens (including phenoxy) is 2. The molecule has 0 aliphatic rings. The van der Waals surface area contributed by atoms with Crippen molar-refractivity contribution in [3.05, 3.63) is 48.0 Å². The zero-order valence-corrected chi connectivity index (χ0v) is 12.6. The van der Waals surface area contributed by atoms with Gasteiger partial charge in [-0.25, -0.2) is 0 Å². The van der Waals surface area contributed by atoms with Gasteiger partial charge in [0.2, 0.25) is 0 Å². The van der Waals surface area contributed by atoms with E-state index in [1.165, 1.54) is 24.3 Å². The second-order valence-corrected chi connectivity index (χ2v) is 4.93. The topological polar surface area (TPSA) is 44.5 Å². The van der Waals surface area contributed by atoms with E-state index in [1.54, 1.807) is 0 Å². The van der Waals surface area contributed by atoms with E-state index >= 15 is 0 Å². The second kappa shape index (κ2) is 7.22. The highest BCUT2D eigenvalue weighted by atomic mass is 19.4. The van der Waals surface area contributed by atoms with Gasteiger partial charge in [-0.15, -0.1) is 13.2 Å². The van der Waals surface area contributed by atoms with Crippen LogP contribution in [0.15, 0.2) is 42.5 Å². The Balaban J connectivity index is 2.43. The molecule has 0 aliphatic carbocycles. The second-order valence-electron chi connectivity index (χ2n) is 4.93. The van der Waals surface area contributed by atoms with Gasteiger partial charge in [0.05, 0.1) is 5.56 Å². The van der Waals surface area contributed by atoms with Crippen LogP contribution in [0.1, 0.15) is 5.56 Å². The SMILES string of the molecule is NCCOc1ccc(-c2cccc(C(F)(F)F)c2)cc1OC(F)(F)F. The predicted molar refractivity (Wildman–Crippen MR) is 78.1 cm³/mol. The van der Waals surface area contributed by atoms with Crippen LogP contribution >= 0.6 is 0 Å². The first kappa shape index (κ1) is 18.9. The van der Waals surface area contributed by atoms with Crippen molar-refractivity contribution >= 4 is 0 Å². The molecular weight excluding hydrogens is 352 g/mol. The normalized spacial score (nSPS) is 12.1. The van der Waals surface area contributed by atoms with Gasteiger partial charge >= 0.3 is 12.5 Å². The molecule has 0 fully saturated rings. The Labute approximate surface area is 139 Å². The van der Waals surface area contributed by atoms with Gasteiger partial charge in [-0.1, -0.05) is 18.2 Å². The van der Waals surface area contributed by atoms with Crippen LogP contribution in [0.25, 0.3) is 11.1 Å². The molecule has 9 heteroatoms. The molecule has 0 radical (unpaired) electrons. The maximum Gasteiger partial charge on any atom is 0.573 e. The van der Waals surface area contributed by atoms with Crippen molar-refractivity contribution in [1.82, 2.24) is 0 Å². The standard InChI is InChI=1S/C16H13F6NO2/c17-15(18,19)12-3-1-2-10(8-12)11-4-5-13(24-7-6-23)14(9-11)25-16(20,21)22/h1-5,8-9H,6-7,23H2. The lowest BCUT2D eigenvalue weighted by Crippen LogP contribution is -2.18. The van der Waals surface area contributed by atoms with Crippen LogP contribution in [0.4, 0.5) is 26.3 Å². The molecule has 0 aromatic heterocycles. The van der Waals surface area contributed by atoms with E-state index < -0.39 is 23.9 Å². The summed E-state index contributed by atoms with van der Waals surface area (Å²) in [5.41, 5.74) is 4.53. The third-order valence-electron chi connectivity index (χ3n) is 3.07. The summed E-state index contributed by atoms with van der Waals surface area (Å²) in [7, 11) is 0. The van der Waals surface area contributed by atoms with Crippen LogP contribution in [0.3, 0.4) is 0 Å². The molecule has 2 rings (SSSR count). The molecule has 0 spiro atoms. The summed E-state index contributed by atoms with van der Waals surface area (Å²) in [5, 5.41) is 0.